The molecule has 2 heterocycles. The van der Waals surface area contributed by atoms with Crippen LogP contribution in [0.25, 0.3) is 0 Å². The van der Waals surface area contributed by atoms with Gasteiger partial charge in [0, 0.05) is 15.8 Å². The fraction of sp³-hybridized carbons (Fsp3) is 0.222. The first-order valence-electron chi connectivity index (χ1n) is 3.89. The molecule has 0 aromatic carbocycles. The number of thiazole rings is 1. The van der Waals surface area contributed by atoms with E-state index in [2.05, 4.69) is 4.98 Å². The average Bonchev–Trinajstić information content (AvgIpc) is 2.72. The van der Waals surface area contributed by atoms with Gasteiger partial charge in [0.1, 0.15) is 6.10 Å². The molecule has 0 saturated carbocycles. The number of rotatable bonds is 2. The van der Waals surface area contributed by atoms with Crippen molar-refractivity contribution in [1.82, 2.24) is 4.98 Å². The molecule has 0 fully saturated rings. The first-order valence-corrected chi connectivity index (χ1v) is 5.71. The lowest BCUT2D eigenvalue weighted by molar-refractivity contribution is 0.216. The Morgan fingerprint density at radius 2 is 2.38 bits per heavy atom. The van der Waals surface area contributed by atoms with Crippen LogP contribution in [0.15, 0.2) is 22.3 Å². The minimum absolute atomic E-state index is 0.558. The third-order valence-corrected chi connectivity index (χ3v) is 3.39. The van der Waals surface area contributed by atoms with Gasteiger partial charge in [0.25, 0.3) is 0 Å². The Kier molecular flexibility index (Phi) is 2.44. The number of thiophene rings is 1. The van der Waals surface area contributed by atoms with Gasteiger partial charge in [-0.3, -0.25) is 0 Å². The molecule has 1 unspecified atom stereocenters. The molecule has 13 heavy (non-hydrogen) atoms. The summed E-state index contributed by atoms with van der Waals surface area (Å²) in [6.45, 7) is 2.01. The summed E-state index contributed by atoms with van der Waals surface area (Å²) >= 11 is 3.15. The number of aromatic nitrogens is 1. The molecule has 0 spiro atoms. The van der Waals surface area contributed by atoms with E-state index < -0.39 is 6.10 Å². The van der Waals surface area contributed by atoms with Crippen molar-refractivity contribution >= 4 is 22.7 Å². The smallest absolute Gasteiger partial charge is 0.123 e. The fourth-order valence-electron chi connectivity index (χ4n) is 1.19. The van der Waals surface area contributed by atoms with Gasteiger partial charge in [0.15, 0.2) is 0 Å². The minimum Gasteiger partial charge on any atom is -0.382 e. The predicted octanol–water partition coefficient (Wildman–Crippen LogP) is 2.59. The highest BCUT2D eigenvalue weighted by Gasteiger charge is 2.14. The molecular weight excluding hydrogens is 202 g/mol. The molecule has 0 aliphatic rings. The molecule has 1 atom stereocenters. The topological polar surface area (TPSA) is 33.1 Å². The van der Waals surface area contributed by atoms with Gasteiger partial charge in [-0.25, -0.2) is 4.98 Å². The van der Waals surface area contributed by atoms with E-state index in [1.54, 1.807) is 16.8 Å². The zero-order valence-corrected chi connectivity index (χ0v) is 8.73. The number of hydrogen-bond donors (Lipinski definition) is 1. The van der Waals surface area contributed by atoms with E-state index in [-0.39, 0.29) is 0 Å². The van der Waals surface area contributed by atoms with E-state index in [4.69, 9.17) is 0 Å². The molecule has 0 aliphatic heterocycles. The molecule has 0 bridgehead atoms. The zero-order valence-electron chi connectivity index (χ0n) is 7.10. The minimum atomic E-state index is -0.558. The molecule has 2 aromatic rings. The molecule has 0 saturated heterocycles. The van der Waals surface area contributed by atoms with Crippen molar-refractivity contribution in [2.45, 2.75) is 13.0 Å². The summed E-state index contributed by atoms with van der Waals surface area (Å²) in [7, 11) is 0. The van der Waals surface area contributed by atoms with Crippen LogP contribution in [0, 0.1) is 6.92 Å². The predicted molar refractivity (Wildman–Crippen MR) is 55.2 cm³/mol. The summed E-state index contributed by atoms with van der Waals surface area (Å²) in [5.74, 6) is 0. The van der Waals surface area contributed by atoms with Crippen LogP contribution in [0.4, 0.5) is 0 Å². The lowest BCUT2D eigenvalue weighted by Gasteiger charge is -2.06. The average molecular weight is 211 g/mol. The number of hydrogen-bond acceptors (Lipinski definition) is 4. The summed E-state index contributed by atoms with van der Waals surface area (Å²) in [5, 5.41) is 13.8. The highest BCUT2D eigenvalue weighted by molar-refractivity contribution is 7.10. The molecule has 1 N–H and O–H groups in total. The van der Waals surface area contributed by atoms with E-state index in [9.17, 15) is 5.11 Å². The molecular formula is C9H9NOS2. The largest absolute Gasteiger partial charge is 0.382 e. The number of aryl methyl sites for hydroxylation is 1. The summed E-state index contributed by atoms with van der Waals surface area (Å²) in [6.07, 6.45) is -0.558. The van der Waals surface area contributed by atoms with Crippen molar-refractivity contribution in [2.24, 2.45) is 0 Å². The van der Waals surface area contributed by atoms with Crippen LogP contribution in [0.2, 0.25) is 0 Å². The molecule has 2 nitrogen and oxygen atoms in total. The van der Waals surface area contributed by atoms with Crippen molar-refractivity contribution in [3.05, 3.63) is 38.5 Å². The molecule has 0 radical (unpaired) electrons. The maximum Gasteiger partial charge on any atom is 0.123 e. The number of nitrogens with zero attached hydrogens (tertiary/aromatic N) is 1. The van der Waals surface area contributed by atoms with Crippen LogP contribution < -0.4 is 0 Å². The Bertz CT molecular complexity index is 380. The van der Waals surface area contributed by atoms with Crippen LogP contribution in [0.3, 0.4) is 0 Å². The van der Waals surface area contributed by atoms with Crippen molar-refractivity contribution in [3.63, 3.8) is 0 Å². The quantitative estimate of drug-likeness (QED) is 0.828. The molecule has 2 aromatic heterocycles. The number of aliphatic hydroxyl groups excluding tert-OH is 1. The summed E-state index contributed by atoms with van der Waals surface area (Å²) in [4.78, 5) is 5.24. The maximum atomic E-state index is 9.90. The first kappa shape index (κ1) is 8.87. The van der Waals surface area contributed by atoms with Crippen LogP contribution >= 0.6 is 22.7 Å². The number of aliphatic hydroxyl groups is 1. The summed E-state index contributed by atoms with van der Waals surface area (Å²) < 4.78 is 0. The highest BCUT2D eigenvalue weighted by atomic mass is 32.1. The van der Waals surface area contributed by atoms with Gasteiger partial charge in [-0.2, -0.15) is 0 Å². The van der Waals surface area contributed by atoms with Crippen LogP contribution in [0.5, 0.6) is 0 Å². The lowest BCUT2D eigenvalue weighted by Crippen LogP contribution is -1.99. The SMILES string of the molecule is Cc1sccc1C(O)c1cscn1. The van der Waals surface area contributed by atoms with Crippen molar-refractivity contribution in [1.29, 1.82) is 0 Å². The Balaban J connectivity index is 2.33. The molecule has 0 aliphatic carbocycles. The Morgan fingerprint density at radius 3 is 2.92 bits per heavy atom. The second-order valence-electron chi connectivity index (χ2n) is 2.75. The third-order valence-electron chi connectivity index (χ3n) is 1.93. The van der Waals surface area contributed by atoms with Crippen LogP contribution in [0.1, 0.15) is 22.2 Å². The highest BCUT2D eigenvalue weighted by Crippen LogP contribution is 2.27. The standard InChI is InChI=1S/C9H9NOS2/c1-6-7(2-3-13-6)9(11)8-4-12-5-10-8/h2-5,9,11H,1H3. The zero-order chi connectivity index (χ0) is 9.26. The van der Waals surface area contributed by atoms with Gasteiger partial charge in [-0.05, 0) is 18.4 Å². The molecule has 68 valence electrons. The summed E-state index contributed by atoms with van der Waals surface area (Å²) in [6, 6.07) is 1.95. The van der Waals surface area contributed by atoms with E-state index in [0.29, 0.717) is 0 Å². The monoisotopic (exact) mass is 211 g/mol. The maximum absolute atomic E-state index is 9.90. The molecule has 4 heteroatoms. The van der Waals surface area contributed by atoms with Gasteiger partial charge in [0.2, 0.25) is 0 Å². The van der Waals surface area contributed by atoms with Gasteiger partial charge in [-0.15, -0.1) is 22.7 Å². The van der Waals surface area contributed by atoms with Gasteiger partial charge < -0.3 is 5.11 Å². The van der Waals surface area contributed by atoms with Gasteiger partial charge in [0.05, 0.1) is 11.2 Å². The lowest BCUT2D eigenvalue weighted by atomic mass is 10.1. The first-order chi connectivity index (χ1) is 6.29. The van der Waals surface area contributed by atoms with E-state index in [1.807, 2.05) is 23.8 Å². The van der Waals surface area contributed by atoms with Crippen LogP contribution in [-0.2, 0) is 0 Å². The Hall–Kier alpha value is -0.710. The Labute approximate surface area is 84.5 Å². The van der Waals surface area contributed by atoms with Gasteiger partial charge >= 0.3 is 0 Å². The van der Waals surface area contributed by atoms with E-state index >= 15 is 0 Å². The molecule has 0 amide bonds. The normalized spacial score (nSPS) is 13.1. The van der Waals surface area contributed by atoms with Crippen molar-refractivity contribution in [2.75, 3.05) is 0 Å². The van der Waals surface area contributed by atoms with E-state index in [0.717, 1.165) is 16.1 Å². The van der Waals surface area contributed by atoms with Crippen molar-refractivity contribution in [3.8, 4) is 0 Å². The van der Waals surface area contributed by atoms with Gasteiger partial charge in [-0.1, -0.05) is 0 Å². The second kappa shape index (κ2) is 3.57. The summed E-state index contributed by atoms with van der Waals surface area (Å²) in [5.41, 5.74) is 3.45. The second-order valence-corrected chi connectivity index (χ2v) is 4.59. The van der Waals surface area contributed by atoms with Crippen LogP contribution in [-0.4, -0.2) is 10.1 Å². The van der Waals surface area contributed by atoms with E-state index in [1.165, 1.54) is 11.3 Å². The Morgan fingerprint density at radius 1 is 1.54 bits per heavy atom. The third kappa shape index (κ3) is 1.65. The fourth-order valence-corrected chi connectivity index (χ4v) is 2.50. The molecule has 2 rings (SSSR count). The van der Waals surface area contributed by atoms with Crippen molar-refractivity contribution < 1.29 is 5.11 Å².